The number of para-hydroxylation sites is 1. The van der Waals surface area contributed by atoms with Crippen molar-refractivity contribution in [3.63, 3.8) is 0 Å². The molecule has 0 fully saturated rings. The van der Waals surface area contributed by atoms with E-state index in [4.69, 9.17) is 9.52 Å². The average molecular weight is 289 g/mol. The summed E-state index contributed by atoms with van der Waals surface area (Å²) in [7, 11) is 0. The SMILES string of the molecule is O=C(O)c1coc(CN2C(=O)C(=O)c3cccc(F)c32)c1. The monoisotopic (exact) mass is 289 g/mol. The summed E-state index contributed by atoms with van der Waals surface area (Å²) in [6, 6.07) is 5.07. The molecular formula is C14H8FNO5. The fraction of sp³-hybridized carbons (Fsp3) is 0.0714. The van der Waals surface area contributed by atoms with Crippen molar-refractivity contribution in [2.45, 2.75) is 6.54 Å². The van der Waals surface area contributed by atoms with Gasteiger partial charge < -0.3 is 9.52 Å². The van der Waals surface area contributed by atoms with Gasteiger partial charge in [0.05, 0.1) is 23.4 Å². The van der Waals surface area contributed by atoms with Crippen LogP contribution in [0.4, 0.5) is 10.1 Å². The second kappa shape index (κ2) is 4.55. The molecule has 0 unspecified atom stereocenters. The first-order chi connectivity index (χ1) is 9.99. The number of carboxylic acid groups (broad SMARTS) is 1. The lowest BCUT2D eigenvalue weighted by atomic mass is 10.1. The lowest BCUT2D eigenvalue weighted by Crippen LogP contribution is -2.29. The van der Waals surface area contributed by atoms with Crippen molar-refractivity contribution in [1.29, 1.82) is 0 Å². The van der Waals surface area contributed by atoms with Crippen molar-refractivity contribution >= 4 is 23.3 Å². The molecule has 0 atom stereocenters. The van der Waals surface area contributed by atoms with E-state index in [0.29, 0.717) is 0 Å². The molecule has 0 saturated carbocycles. The Morgan fingerprint density at radius 2 is 2.10 bits per heavy atom. The average Bonchev–Trinajstić information content (AvgIpc) is 3.00. The Bertz CT molecular complexity index is 779. The van der Waals surface area contributed by atoms with E-state index in [1.54, 1.807) is 0 Å². The number of rotatable bonds is 3. The molecule has 1 aromatic heterocycles. The highest BCUT2D eigenvalue weighted by atomic mass is 19.1. The zero-order valence-corrected chi connectivity index (χ0v) is 10.5. The number of carbonyl (C=O) groups excluding carboxylic acids is 2. The maximum Gasteiger partial charge on any atom is 0.338 e. The number of carbonyl (C=O) groups is 3. The van der Waals surface area contributed by atoms with E-state index in [1.165, 1.54) is 18.2 Å². The first-order valence-corrected chi connectivity index (χ1v) is 5.94. The van der Waals surface area contributed by atoms with Gasteiger partial charge in [0, 0.05) is 0 Å². The van der Waals surface area contributed by atoms with Crippen LogP contribution in [0.1, 0.15) is 26.5 Å². The minimum atomic E-state index is -1.18. The number of carboxylic acids is 1. The van der Waals surface area contributed by atoms with Crippen LogP contribution in [-0.4, -0.2) is 22.8 Å². The third-order valence-electron chi connectivity index (χ3n) is 3.16. The maximum absolute atomic E-state index is 13.9. The number of aromatic carboxylic acids is 1. The molecule has 2 aromatic rings. The molecule has 1 aliphatic heterocycles. The summed E-state index contributed by atoms with van der Waals surface area (Å²) in [5.41, 5.74) is -0.206. The standard InChI is InChI=1S/C14H8FNO5/c15-10-3-1-2-9-11(10)16(13(18)12(9)17)5-8-4-7(6-21-8)14(19)20/h1-4,6H,5H2,(H,19,20). The fourth-order valence-corrected chi connectivity index (χ4v) is 2.19. The topological polar surface area (TPSA) is 87.8 Å². The first kappa shape index (κ1) is 13.0. The van der Waals surface area contributed by atoms with Gasteiger partial charge in [-0.3, -0.25) is 14.5 Å². The molecule has 7 heteroatoms. The van der Waals surface area contributed by atoms with Crippen LogP contribution < -0.4 is 4.90 Å². The predicted molar refractivity (Wildman–Crippen MR) is 67.6 cm³/mol. The summed E-state index contributed by atoms with van der Waals surface area (Å²) in [6.07, 6.45) is 1.02. The molecule has 1 amide bonds. The Balaban J connectivity index is 1.98. The molecule has 3 rings (SSSR count). The van der Waals surface area contributed by atoms with Crippen molar-refractivity contribution in [3.05, 3.63) is 53.2 Å². The zero-order valence-electron chi connectivity index (χ0n) is 10.5. The molecule has 0 radical (unpaired) electrons. The number of hydrogen-bond donors (Lipinski definition) is 1. The number of furan rings is 1. The van der Waals surface area contributed by atoms with E-state index in [1.807, 2.05) is 0 Å². The van der Waals surface area contributed by atoms with Crippen molar-refractivity contribution in [1.82, 2.24) is 0 Å². The maximum atomic E-state index is 13.9. The van der Waals surface area contributed by atoms with Gasteiger partial charge in [-0.05, 0) is 18.2 Å². The molecule has 1 N–H and O–H groups in total. The fourth-order valence-electron chi connectivity index (χ4n) is 2.19. The molecular weight excluding hydrogens is 281 g/mol. The number of hydrogen-bond acceptors (Lipinski definition) is 4. The van der Waals surface area contributed by atoms with Gasteiger partial charge in [-0.15, -0.1) is 0 Å². The van der Waals surface area contributed by atoms with Crippen LogP contribution in [0.3, 0.4) is 0 Å². The molecule has 0 saturated heterocycles. The number of ketones is 1. The van der Waals surface area contributed by atoms with E-state index >= 15 is 0 Å². The van der Waals surface area contributed by atoms with Crippen LogP contribution in [0.2, 0.25) is 0 Å². The number of halogens is 1. The van der Waals surface area contributed by atoms with Crippen LogP contribution in [0.15, 0.2) is 34.9 Å². The third-order valence-corrected chi connectivity index (χ3v) is 3.16. The van der Waals surface area contributed by atoms with Crippen LogP contribution in [0, 0.1) is 5.82 Å². The number of benzene rings is 1. The van der Waals surface area contributed by atoms with Crippen LogP contribution in [0.5, 0.6) is 0 Å². The second-order valence-corrected chi connectivity index (χ2v) is 4.46. The van der Waals surface area contributed by atoms with Crippen LogP contribution >= 0.6 is 0 Å². The Kier molecular flexibility index (Phi) is 2.83. The van der Waals surface area contributed by atoms with E-state index in [-0.39, 0.29) is 29.1 Å². The van der Waals surface area contributed by atoms with Crippen molar-refractivity contribution in [2.24, 2.45) is 0 Å². The van der Waals surface area contributed by atoms with Gasteiger partial charge in [0.25, 0.3) is 11.7 Å². The molecule has 21 heavy (non-hydrogen) atoms. The summed E-state index contributed by atoms with van der Waals surface area (Å²) >= 11 is 0. The number of fused-ring (bicyclic) bond motifs is 1. The van der Waals surface area contributed by atoms with Gasteiger partial charge in [0.1, 0.15) is 17.8 Å². The molecule has 2 heterocycles. The van der Waals surface area contributed by atoms with Gasteiger partial charge >= 0.3 is 5.97 Å². The van der Waals surface area contributed by atoms with E-state index < -0.39 is 23.5 Å². The highest BCUT2D eigenvalue weighted by Crippen LogP contribution is 2.32. The summed E-state index contributed by atoms with van der Waals surface area (Å²) in [6.45, 7) is -0.216. The number of nitrogens with zero attached hydrogens (tertiary/aromatic N) is 1. The van der Waals surface area contributed by atoms with Crippen molar-refractivity contribution < 1.29 is 28.3 Å². The van der Waals surface area contributed by atoms with Crippen LogP contribution in [-0.2, 0) is 11.3 Å². The lowest BCUT2D eigenvalue weighted by Gasteiger charge is -2.15. The largest absolute Gasteiger partial charge is 0.478 e. The lowest BCUT2D eigenvalue weighted by molar-refractivity contribution is -0.114. The third kappa shape index (κ3) is 1.99. The molecule has 106 valence electrons. The van der Waals surface area contributed by atoms with E-state index in [0.717, 1.165) is 17.2 Å². The summed E-state index contributed by atoms with van der Waals surface area (Å²) in [5, 5.41) is 8.80. The number of anilines is 1. The summed E-state index contributed by atoms with van der Waals surface area (Å²) in [5.74, 6) is -3.40. The smallest absolute Gasteiger partial charge is 0.338 e. The Morgan fingerprint density at radius 1 is 1.33 bits per heavy atom. The van der Waals surface area contributed by atoms with Gasteiger partial charge in [-0.1, -0.05) is 6.07 Å². The van der Waals surface area contributed by atoms with Crippen molar-refractivity contribution in [2.75, 3.05) is 4.90 Å². The normalized spacial score (nSPS) is 13.7. The number of amides is 1. The van der Waals surface area contributed by atoms with E-state index in [2.05, 4.69) is 0 Å². The van der Waals surface area contributed by atoms with Gasteiger partial charge in [-0.2, -0.15) is 0 Å². The summed E-state index contributed by atoms with van der Waals surface area (Å²) < 4.78 is 18.9. The zero-order chi connectivity index (χ0) is 15.1. The molecule has 0 spiro atoms. The molecule has 1 aliphatic rings. The van der Waals surface area contributed by atoms with Gasteiger partial charge in [0.15, 0.2) is 0 Å². The Hall–Kier alpha value is -2.96. The minimum absolute atomic E-state index is 0.00925. The highest BCUT2D eigenvalue weighted by Gasteiger charge is 2.38. The van der Waals surface area contributed by atoms with Gasteiger partial charge in [0.2, 0.25) is 0 Å². The molecule has 0 aliphatic carbocycles. The summed E-state index contributed by atoms with van der Waals surface area (Å²) in [4.78, 5) is 35.4. The molecule has 0 bridgehead atoms. The predicted octanol–water partition coefficient (Wildman–Crippen LogP) is 1.85. The highest BCUT2D eigenvalue weighted by molar-refractivity contribution is 6.52. The van der Waals surface area contributed by atoms with Gasteiger partial charge in [-0.25, -0.2) is 9.18 Å². The number of Topliss-reactive ketones (excluding diaryl/α,β-unsaturated/α-hetero) is 1. The molecule has 6 nitrogen and oxygen atoms in total. The van der Waals surface area contributed by atoms with Crippen LogP contribution in [0.25, 0.3) is 0 Å². The Labute approximate surface area is 117 Å². The minimum Gasteiger partial charge on any atom is -0.478 e. The Morgan fingerprint density at radius 3 is 2.76 bits per heavy atom. The van der Waals surface area contributed by atoms with E-state index in [9.17, 15) is 18.8 Å². The van der Waals surface area contributed by atoms with Crippen molar-refractivity contribution in [3.8, 4) is 0 Å². The quantitative estimate of drug-likeness (QED) is 0.871. The second-order valence-electron chi connectivity index (χ2n) is 4.46. The molecule has 1 aromatic carbocycles. The first-order valence-electron chi connectivity index (χ1n) is 5.94.